The molecule has 1 heterocycles. The summed E-state index contributed by atoms with van der Waals surface area (Å²) in [6, 6.07) is 0.437. The van der Waals surface area contributed by atoms with Gasteiger partial charge in [0.2, 0.25) is 0 Å². The fourth-order valence-corrected chi connectivity index (χ4v) is 2.86. The van der Waals surface area contributed by atoms with Crippen molar-refractivity contribution in [1.29, 1.82) is 0 Å². The second-order valence-corrected chi connectivity index (χ2v) is 4.74. The molecule has 1 aliphatic carbocycles. The van der Waals surface area contributed by atoms with Crippen LogP contribution in [0.4, 0.5) is 0 Å². The molecule has 3 nitrogen and oxygen atoms in total. The Morgan fingerprint density at radius 1 is 1.62 bits per heavy atom. The zero-order chi connectivity index (χ0) is 11.7. The molecule has 0 aromatic carbocycles. The minimum atomic E-state index is -0.685. The Hall–Kier alpha value is -1.25. The van der Waals surface area contributed by atoms with E-state index in [0.717, 1.165) is 19.3 Å². The molecule has 2 unspecified atom stereocenters. The lowest BCUT2D eigenvalue weighted by molar-refractivity contribution is -0.137. The van der Waals surface area contributed by atoms with Crippen LogP contribution in [-0.4, -0.2) is 29.1 Å². The SMILES string of the molecule is CC1C(CCC(=O)O)C2=C(C=CCC2)N1C. The van der Waals surface area contributed by atoms with Crippen LogP contribution in [0.3, 0.4) is 0 Å². The Kier molecular flexibility index (Phi) is 3.03. The fourth-order valence-electron chi connectivity index (χ4n) is 2.86. The van der Waals surface area contributed by atoms with Crippen molar-refractivity contribution in [3.05, 3.63) is 23.4 Å². The Balaban J connectivity index is 2.15. The molecule has 2 aliphatic rings. The van der Waals surface area contributed by atoms with Crippen LogP contribution in [0.15, 0.2) is 23.4 Å². The van der Waals surface area contributed by atoms with E-state index in [1.807, 2.05) is 0 Å². The number of hydrogen-bond donors (Lipinski definition) is 1. The maximum atomic E-state index is 10.7. The molecule has 0 saturated carbocycles. The highest BCUT2D eigenvalue weighted by atomic mass is 16.4. The van der Waals surface area contributed by atoms with Gasteiger partial charge in [0.15, 0.2) is 0 Å². The third-order valence-corrected chi connectivity index (χ3v) is 3.88. The highest BCUT2D eigenvalue weighted by Gasteiger charge is 2.35. The molecule has 88 valence electrons. The number of allylic oxidation sites excluding steroid dienone is 2. The van der Waals surface area contributed by atoms with Gasteiger partial charge in [-0.25, -0.2) is 0 Å². The number of hydrogen-bond acceptors (Lipinski definition) is 2. The number of rotatable bonds is 3. The first kappa shape index (κ1) is 11.2. The van der Waals surface area contributed by atoms with Crippen molar-refractivity contribution in [1.82, 2.24) is 4.90 Å². The van der Waals surface area contributed by atoms with Crippen LogP contribution < -0.4 is 0 Å². The van der Waals surface area contributed by atoms with E-state index >= 15 is 0 Å². The zero-order valence-electron chi connectivity index (χ0n) is 9.94. The first-order valence-corrected chi connectivity index (χ1v) is 5.95. The van der Waals surface area contributed by atoms with Crippen LogP contribution in [0.2, 0.25) is 0 Å². The Morgan fingerprint density at radius 2 is 2.38 bits per heavy atom. The lowest BCUT2D eigenvalue weighted by atomic mass is 9.86. The van der Waals surface area contributed by atoms with Gasteiger partial charge in [-0.05, 0) is 37.8 Å². The molecule has 3 heteroatoms. The van der Waals surface area contributed by atoms with Gasteiger partial charge in [-0.2, -0.15) is 0 Å². The topological polar surface area (TPSA) is 40.5 Å². The van der Waals surface area contributed by atoms with Crippen LogP contribution in [0.5, 0.6) is 0 Å². The molecule has 0 aromatic rings. The van der Waals surface area contributed by atoms with Gasteiger partial charge in [-0.15, -0.1) is 0 Å². The molecule has 1 N–H and O–H groups in total. The second kappa shape index (κ2) is 4.32. The smallest absolute Gasteiger partial charge is 0.303 e. The fraction of sp³-hybridized carbons (Fsp3) is 0.615. The minimum absolute atomic E-state index is 0.281. The van der Waals surface area contributed by atoms with Gasteiger partial charge in [0, 0.05) is 31.1 Å². The van der Waals surface area contributed by atoms with Crippen molar-refractivity contribution in [2.75, 3.05) is 7.05 Å². The van der Waals surface area contributed by atoms with Gasteiger partial charge >= 0.3 is 5.97 Å². The van der Waals surface area contributed by atoms with Crippen molar-refractivity contribution in [2.45, 2.75) is 38.6 Å². The van der Waals surface area contributed by atoms with Gasteiger partial charge in [-0.1, -0.05) is 6.08 Å². The van der Waals surface area contributed by atoms with E-state index in [-0.39, 0.29) is 6.42 Å². The number of carboxylic acid groups (broad SMARTS) is 1. The summed E-state index contributed by atoms with van der Waals surface area (Å²) in [7, 11) is 2.11. The highest BCUT2D eigenvalue weighted by Crippen LogP contribution is 2.40. The number of likely N-dealkylation sites (N-methyl/N-ethyl adjacent to an activating group) is 1. The van der Waals surface area contributed by atoms with E-state index in [2.05, 4.69) is 31.0 Å². The lowest BCUT2D eigenvalue weighted by Crippen LogP contribution is -2.27. The van der Waals surface area contributed by atoms with Gasteiger partial charge in [-0.3, -0.25) is 4.79 Å². The maximum absolute atomic E-state index is 10.7. The molecular weight excluding hydrogens is 202 g/mol. The first-order chi connectivity index (χ1) is 7.61. The third-order valence-electron chi connectivity index (χ3n) is 3.88. The van der Waals surface area contributed by atoms with Crippen LogP contribution in [-0.2, 0) is 4.79 Å². The molecule has 0 aromatic heterocycles. The molecule has 0 fully saturated rings. The molecule has 0 radical (unpaired) electrons. The maximum Gasteiger partial charge on any atom is 0.303 e. The quantitative estimate of drug-likeness (QED) is 0.795. The van der Waals surface area contributed by atoms with Gasteiger partial charge in [0.25, 0.3) is 0 Å². The molecule has 2 atom stereocenters. The largest absolute Gasteiger partial charge is 0.481 e. The average Bonchev–Trinajstić information content (AvgIpc) is 2.50. The summed E-state index contributed by atoms with van der Waals surface area (Å²) in [5, 5.41) is 8.78. The average molecular weight is 221 g/mol. The van der Waals surface area contributed by atoms with E-state index in [4.69, 9.17) is 5.11 Å². The number of carboxylic acids is 1. The molecular formula is C13H19NO2. The summed E-state index contributed by atoms with van der Waals surface area (Å²) < 4.78 is 0. The van der Waals surface area contributed by atoms with Crippen molar-refractivity contribution >= 4 is 5.97 Å². The predicted octanol–water partition coefficient (Wildman–Crippen LogP) is 2.41. The van der Waals surface area contributed by atoms with E-state index in [0.29, 0.717) is 12.0 Å². The number of aliphatic carboxylic acids is 1. The third kappa shape index (κ3) is 1.86. The molecule has 0 spiro atoms. The van der Waals surface area contributed by atoms with Crippen molar-refractivity contribution in [3.8, 4) is 0 Å². The van der Waals surface area contributed by atoms with E-state index in [1.165, 1.54) is 11.3 Å². The monoisotopic (exact) mass is 221 g/mol. The highest BCUT2D eigenvalue weighted by molar-refractivity contribution is 5.66. The summed E-state index contributed by atoms with van der Waals surface area (Å²) in [5.41, 5.74) is 2.80. The van der Waals surface area contributed by atoms with E-state index in [9.17, 15) is 4.79 Å². The second-order valence-electron chi connectivity index (χ2n) is 4.74. The number of nitrogens with zero attached hydrogens (tertiary/aromatic N) is 1. The van der Waals surface area contributed by atoms with Gasteiger partial charge in [0.1, 0.15) is 0 Å². The summed E-state index contributed by atoms with van der Waals surface area (Å²) in [4.78, 5) is 12.9. The van der Waals surface area contributed by atoms with E-state index in [1.54, 1.807) is 0 Å². The summed E-state index contributed by atoms with van der Waals surface area (Å²) in [5.74, 6) is -0.253. The van der Waals surface area contributed by atoms with Crippen molar-refractivity contribution < 1.29 is 9.90 Å². The Bertz CT molecular complexity index is 357. The van der Waals surface area contributed by atoms with Gasteiger partial charge in [0.05, 0.1) is 0 Å². The Labute approximate surface area is 96.4 Å². The molecule has 1 aliphatic heterocycles. The molecule has 2 rings (SSSR count). The van der Waals surface area contributed by atoms with E-state index < -0.39 is 5.97 Å². The normalized spacial score (nSPS) is 28.5. The molecule has 0 bridgehead atoms. The van der Waals surface area contributed by atoms with Crippen molar-refractivity contribution in [2.24, 2.45) is 5.92 Å². The summed E-state index contributed by atoms with van der Waals surface area (Å²) in [6.45, 7) is 2.19. The molecule has 16 heavy (non-hydrogen) atoms. The summed E-state index contributed by atoms with van der Waals surface area (Å²) >= 11 is 0. The standard InChI is InChI=1S/C13H19NO2/c1-9-10(7-8-13(15)16)11-5-3-4-6-12(11)14(9)2/h4,6,9-10H,3,5,7-8H2,1-2H3,(H,15,16). The Morgan fingerprint density at radius 3 is 3.06 bits per heavy atom. The summed E-state index contributed by atoms with van der Waals surface area (Å²) in [6.07, 6.45) is 7.66. The van der Waals surface area contributed by atoms with Crippen LogP contribution in [0.25, 0.3) is 0 Å². The lowest BCUT2D eigenvalue weighted by Gasteiger charge is -2.24. The van der Waals surface area contributed by atoms with Crippen LogP contribution in [0, 0.1) is 5.92 Å². The number of carbonyl (C=O) groups is 1. The van der Waals surface area contributed by atoms with Crippen LogP contribution in [0.1, 0.15) is 32.6 Å². The first-order valence-electron chi connectivity index (χ1n) is 5.95. The zero-order valence-corrected chi connectivity index (χ0v) is 9.94. The van der Waals surface area contributed by atoms with Crippen molar-refractivity contribution in [3.63, 3.8) is 0 Å². The van der Waals surface area contributed by atoms with Gasteiger partial charge < -0.3 is 10.0 Å². The predicted molar refractivity (Wildman–Crippen MR) is 63.0 cm³/mol. The minimum Gasteiger partial charge on any atom is -0.481 e. The molecule has 0 saturated heterocycles. The van der Waals surface area contributed by atoms with Crippen LogP contribution >= 0.6 is 0 Å². The molecule has 0 amide bonds.